The van der Waals surface area contributed by atoms with Gasteiger partial charge in [-0.3, -0.25) is 5.32 Å². The fourth-order valence-electron chi connectivity index (χ4n) is 1.49. The summed E-state index contributed by atoms with van der Waals surface area (Å²) in [7, 11) is 3.98. The molecule has 0 saturated carbocycles. The SMILES string of the molecule is CNc1scc(-c2ccc(Cl)cc2)[n+]1C.[Br-]. The van der Waals surface area contributed by atoms with Crippen molar-refractivity contribution in [3.8, 4) is 11.3 Å². The van der Waals surface area contributed by atoms with E-state index in [4.69, 9.17) is 11.6 Å². The zero-order valence-corrected chi connectivity index (χ0v) is 12.2. The average Bonchev–Trinajstić information content (AvgIpc) is 2.61. The summed E-state index contributed by atoms with van der Waals surface area (Å²) >= 11 is 7.55. The van der Waals surface area contributed by atoms with Crippen molar-refractivity contribution in [3.05, 3.63) is 34.7 Å². The second-order valence-electron chi connectivity index (χ2n) is 3.24. The van der Waals surface area contributed by atoms with Gasteiger partial charge in [0.15, 0.2) is 0 Å². The van der Waals surface area contributed by atoms with Gasteiger partial charge in [-0.2, -0.15) is 0 Å². The van der Waals surface area contributed by atoms with Crippen molar-refractivity contribution in [2.75, 3.05) is 12.4 Å². The molecule has 0 bridgehead atoms. The molecule has 0 saturated heterocycles. The van der Waals surface area contributed by atoms with Crippen molar-refractivity contribution in [1.29, 1.82) is 0 Å². The molecule has 1 aromatic carbocycles. The second kappa shape index (κ2) is 5.66. The lowest BCUT2D eigenvalue weighted by Crippen LogP contribution is -3.00. The maximum absolute atomic E-state index is 5.85. The number of aromatic nitrogens is 1. The van der Waals surface area contributed by atoms with Crippen molar-refractivity contribution in [1.82, 2.24) is 0 Å². The molecule has 0 fully saturated rings. The van der Waals surface area contributed by atoms with E-state index in [1.165, 1.54) is 11.3 Å². The Bertz CT molecular complexity index is 467. The van der Waals surface area contributed by atoms with Crippen LogP contribution in [-0.2, 0) is 7.05 Å². The fourth-order valence-corrected chi connectivity index (χ4v) is 2.51. The van der Waals surface area contributed by atoms with Crippen molar-refractivity contribution in [2.45, 2.75) is 0 Å². The summed E-state index contributed by atoms with van der Waals surface area (Å²) < 4.78 is 2.13. The summed E-state index contributed by atoms with van der Waals surface area (Å²) in [4.78, 5) is 0. The largest absolute Gasteiger partial charge is 1.00 e. The van der Waals surface area contributed by atoms with Gasteiger partial charge in [0.2, 0.25) is 0 Å². The van der Waals surface area contributed by atoms with Gasteiger partial charge < -0.3 is 17.0 Å². The molecule has 0 spiro atoms. The highest BCUT2D eigenvalue weighted by Crippen LogP contribution is 2.23. The van der Waals surface area contributed by atoms with Crippen molar-refractivity contribution in [3.63, 3.8) is 0 Å². The summed E-state index contributed by atoms with van der Waals surface area (Å²) in [5, 5.41) is 7.19. The van der Waals surface area contributed by atoms with Crippen LogP contribution in [0.5, 0.6) is 0 Å². The number of hydrogen-bond acceptors (Lipinski definition) is 2. The van der Waals surface area contributed by atoms with Crippen LogP contribution in [0, 0.1) is 0 Å². The topological polar surface area (TPSA) is 15.9 Å². The Morgan fingerprint density at radius 1 is 1.25 bits per heavy atom. The van der Waals surface area contributed by atoms with Crippen molar-refractivity contribution < 1.29 is 21.5 Å². The van der Waals surface area contributed by atoms with Crippen LogP contribution in [0.3, 0.4) is 0 Å². The Balaban J connectivity index is 0.00000128. The summed E-state index contributed by atoms with van der Waals surface area (Å²) in [5.74, 6) is 0. The lowest BCUT2D eigenvalue weighted by molar-refractivity contribution is -0.641. The molecular formula is C11H12BrClN2S. The molecule has 0 aliphatic carbocycles. The molecule has 0 atom stereocenters. The van der Waals surface area contributed by atoms with Crippen LogP contribution in [0.4, 0.5) is 5.13 Å². The lowest BCUT2D eigenvalue weighted by atomic mass is 10.2. The van der Waals surface area contributed by atoms with Gasteiger partial charge in [0.25, 0.3) is 0 Å². The minimum atomic E-state index is 0. The monoisotopic (exact) mass is 318 g/mol. The number of nitrogens with zero attached hydrogens (tertiary/aromatic N) is 1. The van der Waals surface area contributed by atoms with E-state index in [2.05, 4.69) is 15.3 Å². The van der Waals surface area contributed by atoms with Crippen LogP contribution in [0.1, 0.15) is 0 Å². The summed E-state index contributed by atoms with van der Waals surface area (Å²) in [6.07, 6.45) is 0. The molecule has 0 radical (unpaired) electrons. The van der Waals surface area contributed by atoms with Gasteiger partial charge in [-0.1, -0.05) is 22.9 Å². The molecule has 2 nitrogen and oxygen atoms in total. The minimum Gasteiger partial charge on any atom is -1.00 e. The molecule has 1 heterocycles. The first-order chi connectivity index (χ1) is 7.22. The van der Waals surface area contributed by atoms with Crippen LogP contribution in [0.15, 0.2) is 29.6 Å². The third-order valence-electron chi connectivity index (χ3n) is 2.30. The van der Waals surface area contributed by atoms with Crippen LogP contribution in [-0.4, -0.2) is 7.05 Å². The molecule has 16 heavy (non-hydrogen) atoms. The maximum atomic E-state index is 5.85. The van der Waals surface area contributed by atoms with Crippen molar-refractivity contribution in [2.24, 2.45) is 7.05 Å². The third-order valence-corrected chi connectivity index (χ3v) is 3.60. The molecule has 0 aliphatic rings. The highest BCUT2D eigenvalue weighted by molar-refractivity contribution is 7.13. The van der Waals surface area contributed by atoms with E-state index in [9.17, 15) is 0 Å². The molecule has 2 aromatic rings. The van der Waals surface area contributed by atoms with Crippen LogP contribution < -0.4 is 26.9 Å². The van der Waals surface area contributed by atoms with E-state index in [0.29, 0.717) is 0 Å². The summed E-state index contributed by atoms with van der Waals surface area (Å²) in [5.41, 5.74) is 2.38. The van der Waals surface area contributed by atoms with Gasteiger partial charge in [-0.05, 0) is 24.3 Å². The Morgan fingerprint density at radius 3 is 2.38 bits per heavy atom. The molecular weight excluding hydrogens is 308 g/mol. The van der Waals surface area contributed by atoms with Gasteiger partial charge in [0.1, 0.15) is 5.69 Å². The van der Waals surface area contributed by atoms with Crippen LogP contribution in [0.2, 0.25) is 5.02 Å². The zero-order valence-electron chi connectivity index (χ0n) is 9.00. The standard InChI is InChI=1S/C11H11ClN2S.BrH/c1-13-11-14(2)10(7-15-11)8-3-5-9(12)6-4-8;/h3-7H,1-2H3;1H. The number of rotatable bonds is 2. The smallest absolute Gasteiger partial charge is 0.333 e. The quantitative estimate of drug-likeness (QED) is 0.767. The number of hydrogen-bond donors (Lipinski definition) is 1. The molecule has 0 aliphatic heterocycles. The van der Waals surface area contributed by atoms with Crippen molar-refractivity contribution >= 4 is 28.1 Å². The molecule has 1 N–H and O–H groups in total. The number of halogens is 2. The molecule has 5 heteroatoms. The first-order valence-corrected chi connectivity index (χ1v) is 5.89. The Labute approximate surface area is 115 Å². The van der Waals surface area contributed by atoms with Gasteiger partial charge in [0, 0.05) is 16.0 Å². The second-order valence-corrected chi connectivity index (χ2v) is 4.54. The highest BCUT2D eigenvalue weighted by atomic mass is 79.9. The van der Waals surface area contributed by atoms with E-state index in [1.807, 2.05) is 38.4 Å². The Morgan fingerprint density at radius 2 is 1.88 bits per heavy atom. The highest BCUT2D eigenvalue weighted by Gasteiger charge is 2.13. The third kappa shape index (κ3) is 2.56. The van der Waals surface area contributed by atoms with Gasteiger partial charge in [-0.25, -0.2) is 4.57 Å². The predicted octanol–water partition coefficient (Wildman–Crippen LogP) is -0.0613. The molecule has 0 amide bonds. The normalized spacial score (nSPS) is 9.69. The lowest BCUT2D eigenvalue weighted by Gasteiger charge is -1.99. The average molecular weight is 320 g/mol. The fraction of sp³-hybridized carbons (Fsp3) is 0.182. The zero-order chi connectivity index (χ0) is 10.8. The number of anilines is 1. The van der Waals surface area contributed by atoms with E-state index in [0.717, 1.165) is 10.2 Å². The predicted molar refractivity (Wildman–Crippen MR) is 65.5 cm³/mol. The summed E-state index contributed by atoms with van der Waals surface area (Å²) in [6, 6.07) is 7.88. The van der Waals surface area contributed by atoms with Crippen LogP contribution in [0.25, 0.3) is 11.3 Å². The Kier molecular flexibility index (Phi) is 4.77. The maximum Gasteiger partial charge on any atom is 0.333 e. The number of nitrogens with one attached hydrogen (secondary N) is 1. The molecule has 1 aromatic heterocycles. The molecule has 2 rings (SSSR count). The first kappa shape index (κ1) is 13.5. The summed E-state index contributed by atoms with van der Waals surface area (Å²) in [6.45, 7) is 0. The molecule has 86 valence electrons. The van der Waals surface area contributed by atoms with E-state index in [-0.39, 0.29) is 17.0 Å². The Hall–Kier alpha value is -0.580. The van der Waals surface area contributed by atoms with E-state index >= 15 is 0 Å². The van der Waals surface area contributed by atoms with E-state index < -0.39 is 0 Å². The minimum absolute atomic E-state index is 0. The van der Waals surface area contributed by atoms with Gasteiger partial charge >= 0.3 is 5.13 Å². The number of benzene rings is 1. The van der Waals surface area contributed by atoms with Crippen LogP contribution >= 0.6 is 22.9 Å². The van der Waals surface area contributed by atoms with E-state index in [1.54, 1.807) is 11.3 Å². The molecule has 0 unspecified atom stereocenters. The van der Waals surface area contributed by atoms with Gasteiger partial charge in [0.05, 0.1) is 14.1 Å². The first-order valence-electron chi connectivity index (χ1n) is 4.63. The van der Waals surface area contributed by atoms with Gasteiger partial charge in [-0.15, -0.1) is 0 Å². The number of thiazole rings is 1.